The van der Waals surface area contributed by atoms with Crippen LogP contribution in [-0.2, 0) is 9.53 Å². The Morgan fingerprint density at radius 1 is 0.912 bits per heavy atom. The van der Waals surface area contributed by atoms with Gasteiger partial charge in [-0.25, -0.2) is 8.78 Å². The lowest BCUT2D eigenvalue weighted by atomic mass is 9.79. The highest BCUT2D eigenvalue weighted by Crippen LogP contribution is 2.56. The molecule has 0 bridgehead atoms. The number of hydrogen-bond acceptors (Lipinski definition) is 2. The summed E-state index contributed by atoms with van der Waals surface area (Å²) in [5.74, 6) is -5.01. The molecular weight excluding hydrogens is 488 g/mol. The van der Waals surface area contributed by atoms with Gasteiger partial charge in [0.05, 0.1) is 0 Å². The number of halogens is 10. The minimum absolute atomic E-state index is 0.0654. The molecule has 3 nitrogen and oxygen atoms in total. The smallest absolute Gasteiger partial charge is 0.323 e. The summed E-state index contributed by atoms with van der Waals surface area (Å²) in [6.07, 6.45) is -21.2. The highest BCUT2D eigenvalue weighted by molar-refractivity contribution is 5.99. The fourth-order valence-electron chi connectivity index (χ4n) is 3.55. The highest BCUT2D eigenvalue weighted by Gasteiger charge is 2.79. The topological polar surface area (TPSA) is 38.3 Å². The monoisotopic (exact) mass is 513 g/mol. The van der Waals surface area contributed by atoms with E-state index in [2.05, 4.69) is 4.74 Å². The lowest BCUT2D eigenvalue weighted by Crippen LogP contribution is -2.70. The predicted octanol–water partition coefficient (Wildman–Crippen LogP) is 7.38. The van der Waals surface area contributed by atoms with Gasteiger partial charge in [0, 0.05) is 11.6 Å². The molecule has 34 heavy (non-hydrogen) atoms. The van der Waals surface area contributed by atoms with Crippen LogP contribution in [0.5, 0.6) is 0 Å². The van der Waals surface area contributed by atoms with Gasteiger partial charge in [0.15, 0.2) is 0 Å². The number of anilines is 1. The Labute approximate surface area is 189 Å². The summed E-state index contributed by atoms with van der Waals surface area (Å²) in [6, 6.07) is 6.03. The predicted molar refractivity (Wildman–Crippen MR) is 104 cm³/mol. The van der Waals surface area contributed by atoms with Crippen LogP contribution in [-0.4, -0.2) is 41.3 Å². The molecule has 0 heterocycles. The fourth-order valence-corrected chi connectivity index (χ4v) is 3.55. The molecule has 1 N–H and O–H groups in total. The fraction of sp³-hybridized carbons (Fsp3) is 0.667. The average molecular weight is 513 g/mol. The molecule has 4 atom stereocenters. The summed E-state index contributed by atoms with van der Waals surface area (Å²) in [5.41, 5.74) is -15.1. The van der Waals surface area contributed by atoms with Crippen LogP contribution in [0.15, 0.2) is 30.3 Å². The van der Waals surface area contributed by atoms with Crippen molar-refractivity contribution in [1.82, 2.24) is 0 Å². The summed E-state index contributed by atoms with van der Waals surface area (Å²) in [6.45, 7) is 2.55. The molecule has 1 amide bonds. The summed E-state index contributed by atoms with van der Waals surface area (Å²) in [5, 5.41) is 1.57. The summed E-state index contributed by atoms with van der Waals surface area (Å²) >= 11 is 0. The third-order valence-corrected chi connectivity index (χ3v) is 5.67. The zero-order valence-electron chi connectivity index (χ0n) is 18.7. The molecule has 13 heteroatoms. The van der Waals surface area contributed by atoms with E-state index in [0.29, 0.717) is 6.92 Å². The Balaban J connectivity index is 3.70. The molecule has 0 saturated heterocycles. The maximum Gasteiger partial charge on any atom is 0.434 e. The number of amides is 1. The first-order valence-corrected chi connectivity index (χ1v) is 10.2. The standard InChI is InChI=1S/C21H25F10NO2/c1-5-12-16(4,34-21(30,31)17(22,13(3)6-2)19(24,25)26)18(23,20(27,28)29)15(33)32-14-10-8-7-9-11-14/h7-11,13H,5-6,12H2,1-4H3,(H,32,33). The van der Waals surface area contributed by atoms with Gasteiger partial charge in [0.1, 0.15) is 5.60 Å². The molecule has 1 aromatic rings. The van der Waals surface area contributed by atoms with Crippen molar-refractivity contribution in [2.24, 2.45) is 5.92 Å². The second-order valence-corrected chi connectivity index (χ2v) is 8.09. The number of hydrogen-bond donors (Lipinski definition) is 1. The number of para-hydroxylation sites is 1. The highest BCUT2D eigenvalue weighted by atomic mass is 19.4. The number of alkyl halides is 10. The number of ether oxygens (including phenoxy) is 1. The molecule has 1 rings (SSSR count). The van der Waals surface area contributed by atoms with Crippen molar-refractivity contribution >= 4 is 11.6 Å². The summed E-state index contributed by atoms with van der Waals surface area (Å²) in [7, 11) is 0. The van der Waals surface area contributed by atoms with E-state index in [4.69, 9.17) is 0 Å². The maximum atomic E-state index is 15.7. The number of benzene rings is 1. The van der Waals surface area contributed by atoms with Crippen LogP contribution in [0.25, 0.3) is 0 Å². The zero-order valence-corrected chi connectivity index (χ0v) is 18.7. The van der Waals surface area contributed by atoms with Gasteiger partial charge in [-0.1, -0.05) is 45.4 Å². The van der Waals surface area contributed by atoms with Gasteiger partial charge in [-0.15, -0.1) is 0 Å². The first-order chi connectivity index (χ1) is 15.2. The van der Waals surface area contributed by atoms with E-state index in [1.165, 1.54) is 18.2 Å². The first kappa shape index (κ1) is 30.0. The van der Waals surface area contributed by atoms with Crippen LogP contribution in [0.2, 0.25) is 0 Å². The van der Waals surface area contributed by atoms with E-state index in [9.17, 15) is 44.3 Å². The van der Waals surface area contributed by atoms with Gasteiger partial charge in [-0.2, -0.15) is 35.1 Å². The van der Waals surface area contributed by atoms with Crippen molar-refractivity contribution in [1.29, 1.82) is 0 Å². The average Bonchev–Trinajstić information content (AvgIpc) is 2.70. The van der Waals surface area contributed by atoms with Gasteiger partial charge in [0.25, 0.3) is 11.6 Å². The molecular formula is C21H25F10NO2. The van der Waals surface area contributed by atoms with Gasteiger partial charge < -0.3 is 10.1 Å². The summed E-state index contributed by atoms with van der Waals surface area (Å²) < 4.78 is 146. The van der Waals surface area contributed by atoms with E-state index in [1.807, 2.05) is 0 Å². The number of carbonyl (C=O) groups is 1. The van der Waals surface area contributed by atoms with Crippen LogP contribution in [0.4, 0.5) is 49.6 Å². The zero-order chi connectivity index (χ0) is 26.8. The van der Waals surface area contributed by atoms with Crippen LogP contribution < -0.4 is 5.32 Å². The largest absolute Gasteiger partial charge is 0.434 e. The normalized spacial score (nSPS) is 19.5. The second-order valence-electron chi connectivity index (χ2n) is 8.09. The van der Waals surface area contributed by atoms with Crippen LogP contribution in [0, 0.1) is 5.92 Å². The van der Waals surface area contributed by atoms with Crippen molar-refractivity contribution < 1.29 is 53.4 Å². The second kappa shape index (κ2) is 9.90. The Morgan fingerprint density at radius 2 is 1.41 bits per heavy atom. The van der Waals surface area contributed by atoms with Crippen molar-refractivity contribution in [3.63, 3.8) is 0 Å². The lowest BCUT2D eigenvalue weighted by molar-refractivity contribution is -0.432. The van der Waals surface area contributed by atoms with Crippen molar-refractivity contribution in [3.8, 4) is 0 Å². The molecule has 4 unspecified atom stereocenters. The number of nitrogens with one attached hydrogen (secondary N) is 1. The molecule has 196 valence electrons. The third-order valence-electron chi connectivity index (χ3n) is 5.67. The van der Waals surface area contributed by atoms with E-state index in [1.54, 1.807) is 5.32 Å². The molecule has 0 aliphatic rings. The molecule has 1 aromatic carbocycles. The van der Waals surface area contributed by atoms with Gasteiger partial charge in [0.2, 0.25) is 0 Å². The Bertz CT molecular complexity index is 829. The minimum atomic E-state index is -6.30. The third kappa shape index (κ3) is 5.13. The van der Waals surface area contributed by atoms with Crippen LogP contribution in [0.1, 0.15) is 47.0 Å². The molecule has 0 aromatic heterocycles. The number of rotatable bonds is 10. The molecule has 0 radical (unpaired) electrons. The summed E-state index contributed by atoms with van der Waals surface area (Å²) in [4.78, 5) is 12.5. The van der Waals surface area contributed by atoms with E-state index in [-0.39, 0.29) is 12.6 Å². The minimum Gasteiger partial charge on any atom is -0.323 e. The van der Waals surface area contributed by atoms with Crippen molar-refractivity contribution in [2.45, 2.75) is 82.4 Å². The van der Waals surface area contributed by atoms with Crippen LogP contribution >= 0.6 is 0 Å². The van der Waals surface area contributed by atoms with E-state index < -0.39 is 66.5 Å². The van der Waals surface area contributed by atoms with Crippen LogP contribution in [0.3, 0.4) is 0 Å². The molecule has 0 spiro atoms. The Morgan fingerprint density at radius 3 is 1.79 bits per heavy atom. The van der Waals surface area contributed by atoms with E-state index in [0.717, 1.165) is 26.0 Å². The number of carbonyl (C=O) groups excluding carboxylic acids is 1. The quantitative estimate of drug-likeness (QED) is 0.332. The Hall–Kier alpha value is -2.05. The van der Waals surface area contributed by atoms with Gasteiger partial charge in [-0.3, -0.25) is 4.79 Å². The molecule has 0 fully saturated rings. The first-order valence-electron chi connectivity index (χ1n) is 10.2. The van der Waals surface area contributed by atoms with Gasteiger partial charge >= 0.3 is 24.1 Å². The van der Waals surface area contributed by atoms with Gasteiger partial charge in [-0.05, 0) is 31.9 Å². The lowest BCUT2D eigenvalue weighted by Gasteiger charge is -2.47. The van der Waals surface area contributed by atoms with Crippen molar-refractivity contribution in [3.05, 3.63) is 30.3 Å². The molecule has 0 saturated carbocycles. The SMILES string of the molecule is CCCC(C)(OC(F)(F)C(F)(C(C)CC)C(F)(F)F)C(F)(C(=O)Nc1ccccc1)C(F)(F)F. The molecule has 0 aliphatic carbocycles. The van der Waals surface area contributed by atoms with Crippen molar-refractivity contribution in [2.75, 3.05) is 5.32 Å². The Kier molecular flexibility index (Phi) is 8.73. The molecule has 0 aliphatic heterocycles. The maximum absolute atomic E-state index is 15.7. The van der Waals surface area contributed by atoms with E-state index >= 15 is 4.39 Å².